The molecule has 2 N–H and O–H groups in total. The molecule has 2 aromatic carbocycles. The van der Waals surface area contributed by atoms with Crippen molar-refractivity contribution in [3.63, 3.8) is 0 Å². The Morgan fingerprint density at radius 3 is 2.52 bits per heavy atom. The number of ether oxygens (including phenoxy) is 1. The van der Waals surface area contributed by atoms with Crippen LogP contribution in [-0.4, -0.2) is 31.0 Å². The first-order valence-electron chi connectivity index (χ1n) is 8.14. The molecule has 0 aliphatic heterocycles. The Hall–Kier alpha value is -3.07. The molecule has 9 heteroatoms. The second kappa shape index (κ2) is 9.04. The Balaban J connectivity index is 1.92. The van der Waals surface area contributed by atoms with Crippen molar-refractivity contribution in [3.8, 4) is 5.75 Å². The maximum atomic E-state index is 12.2. The van der Waals surface area contributed by atoms with Gasteiger partial charge in [0.15, 0.2) is 6.54 Å². The van der Waals surface area contributed by atoms with Gasteiger partial charge in [-0.2, -0.15) is 8.78 Å². The van der Waals surface area contributed by atoms with E-state index in [1.54, 1.807) is 25.1 Å². The van der Waals surface area contributed by atoms with Gasteiger partial charge in [-0.1, -0.05) is 6.07 Å². The van der Waals surface area contributed by atoms with Crippen molar-refractivity contribution in [2.45, 2.75) is 20.1 Å². The summed E-state index contributed by atoms with van der Waals surface area (Å²) in [6.45, 7) is -0.489. The minimum absolute atomic E-state index is 0.0743. The summed E-state index contributed by atoms with van der Waals surface area (Å²) < 4.78 is 28.6. The van der Waals surface area contributed by atoms with Crippen LogP contribution in [0, 0.1) is 17.0 Å². The molecule has 0 heterocycles. The third kappa shape index (κ3) is 6.30. The molecule has 27 heavy (non-hydrogen) atoms. The number of halogens is 2. The Morgan fingerprint density at radius 2 is 1.93 bits per heavy atom. The molecule has 0 bridgehead atoms. The van der Waals surface area contributed by atoms with E-state index >= 15 is 0 Å². The van der Waals surface area contributed by atoms with E-state index in [-0.39, 0.29) is 23.9 Å². The zero-order valence-corrected chi connectivity index (χ0v) is 14.9. The zero-order valence-electron chi connectivity index (χ0n) is 14.9. The van der Waals surface area contributed by atoms with Crippen LogP contribution in [0.3, 0.4) is 0 Å². The van der Waals surface area contributed by atoms with Gasteiger partial charge in [0.1, 0.15) is 12.3 Å². The lowest BCUT2D eigenvalue weighted by molar-refractivity contribution is -0.885. The molecule has 0 spiro atoms. The number of hydrogen-bond acceptors (Lipinski definition) is 4. The third-order valence-electron chi connectivity index (χ3n) is 3.82. The summed E-state index contributed by atoms with van der Waals surface area (Å²) in [4.78, 5) is 23.4. The minimum atomic E-state index is -2.87. The van der Waals surface area contributed by atoms with Crippen LogP contribution in [0.25, 0.3) is 0 Å². The number of amides is 1. The van der Waals surface area contributed by atoms with Crippen LogP contribution >= 0.6 is 0 Å². The lowest BCUT2D eigenvalue weighted by Crippen LogP contribution is -3.08. The highest BCUT2D eigenvalue weighted by Crippen LogP contribution is 2.21. The predicted molar refractivity (Wildman–Crippen MR) is 95.0 cm³/mol. The van der Waals surface area contributed by atoms with E-state index in [4.69, 9.17) is 0 Å². The Kier molecular flexibility index (Phi) is 6.78. The molecular weight excluding hydrogens is 360 g/mol. The van der Waals surface area contributed by atoms with Crippen molar-refractivity contribution in [3.05, 3.63) is 63.7 Å². The van der Waals surface area contributed by atoms with Gasteiger partial charge in [-0.3, -0.25) is 14.9 Å². The Morgan fingerprint density at radius 1 is 1.26 bits per heavy atom. The normalized spacial score (nSPS) is 11.9. The molecule has 1 unspecified atom stereocenters. The summed E-state index contributed by atoms with van der Waals surface area (Å²) in [6, 6.07) is 10.5. The highest BCUT2D eigenvalue weighted by atomic mass is 19.3. The lowest BCUT2D eigenvalue weighted by atomic mass is 10.2. The number of carbonyl (C=O) groups is 1. The second-order valence-corrected chi connectivity index (χ2v) is 6.14. The SMILES string of the molecule is Cc1ccc([N+](=O)[O-])cc1NC(=O)C[NH+](C)Cc1ccc(OC(F)F)cc1. The van der Waals surface area contributed by atoms with Crippen LogP contribution in [0.15, 0.2) is 42.5 Å². The summed E-state index contributed by atoms with van der Waals surface area (Å²) in [7, 11) is 1.81. The van der Waals surface area contributed by atoms with Crippen LogP contribution < -0.4 is 15.0 Å². The van der Waals surface area contributed by atoms with E-state index in [0.717, 1.165) is 16.0 Å². The van der Waals surface area contributed by atoms with Crippen molar-refractivity contribution >= 4 is 17.3 Å². The standard InChI is InChI=1S/C18H19F2N3O4/c1-12-3-6-14(23(25)26)9-16(12)21-17(24)11-22(2)10-13-4-7-15(8-5-13)27-18(19)20/h3-9,18H,10-11H2,1-2H3,(H,21,24)/p+1. The molecule has 0 aliphatic rings. The van der Waals surface area contributed by atoms with Gasteiger partial charge in [0.25, 0.3) is 11.6 Å². The number of likely N-dealkylation sites (N-methyl/N-ethyl adjacent to an activating group) is 1. The molecule has 2 aromatic rings. The molecule has 1 amide bonds. The average Bonchev–Trinajstić information content (AvgIpc) is 2.57. The van der Waals surface area contributed by atoms with Crippen molar-refractivity contribution < 1.29 is 28.1 Å². The number of quaternary nitrogens is 1. The van der Waals surface area contributed by atoms with Crippen LogP contribution in [0.1, 0.15) is 11.1 Å². The number of alkyl halides is 2. The van der Waals surface area contributed by atoms with Crippen LogP contribution in [0.5, 0.6) is 5.75 Å². The van der Waals surface area contributed by atoms with Crippen molar-refractivity contribution in [2.24, 2.45) is 0 Å². The number of benzene rings is 2. The maximum absolute atomic E-state index is 12.2. The molecule has 0 radical (unpaired) electrons. The quantitative estimate of drug-likeness (QED) is 0.543. The van der Waals surface area contributed by atoms with E-state index < -0.39 is 11.5 Å². The number of nitro benzene ring substituents is 1. The van der Waals surface area contributed by atoms with Crippen molar-refractivity contribution in [2.75, 3.05) is 18.9 Å². The summed E-state index contributed by atoms with van der Waals surface area (Å²) in [5, 5.41) is 13.5. The zero-order chi connectivity index (χ0) is 20.0. The van der Waals surface area contributed by atoms with E-state index in [0.29, 0.717) is 12.2 Å². The fourth-order valence-electron chi connectivity index (χ4n) is 2.53. The number of nitrogens with one attached hydrogen (secondary N) is 2. The number of rotatable bonds is 8. The first-order valence-corrected chi connectivity index (χ1v) is 8.14. The molecule has 0 fully saturated rings. The van der Waals surface area contributed by atoms with Crippen LogP contribution in [-0.2, 0) is 11.3 Å². The molecule has 0 aliphatic carbocycles. The average molecular weight is 380 g/mol. The molecule has 144 valence electrons. The van der Waals surface area contributed by atoms with Gasteiger partial charge in [0.2, 0.25) is 0 Å². The van der Waals surface area contributed by atoms with Gasteiger partial charge in [-0.05, 0) is 36.8 Å². The number of hydrogen-bond donors (Lipinski definition) is 2. The Labute approximate surface area is 154 Å². The van der Waals surface area contributed by atoms with Gasteiger partial charge in [-0.25, -0.2) is 0 Å². The minimum Gasteiger partial charge on any atom is -0.435 e. The largest absolute Gasteiger partial charge is 0.435 e. The number of aryl methyl sites for hydroxylation is 1. The smallest absolute Gasteiger partial charge is 0.387 e. The molecule has 7 nitrogen and oxygen atoms in total. The van der Waals surface area contributed by atoms with Crippen molar-refractivity contribution in [1.29, 1.82) is 0 Å². The van der Waals surface area contributed by atoms with E-state index in [2.05, 4.69) is 10.1 Å². The fraction of sp³-hybridized carbons (Fsp3) is 0.278. The molecule has 0 aromatic heterocycles. The van der Waals surface area contributed by atoms with Gasteiger partial charge in [0, 0.05) is 17.7 Å². The number of anilines is 1. The number of carbonyl (C=O) groups excluding carboxylic acids is 1. The van der Waals surface area contributed by atoms with E-state index in [1.807, 2.05) is 7.05 Å². The summed E-state index contributed by atoms with van der Waals surface area (Å²) >= 11 is 0. The van der Waals surface area contributed by atoms with E-state index in [9.17, 15) is 23.7 Å². The second-order valence-electron chi connectivity index (χ2n) is 6.14. The molecule has 2 rings (SSSR count). The number of non-ortho nitro benzene ring substituents is 1. The highest BCUT2D eigenvalue weighted by Gasteiger charge is 2.15. The molecular formula is C18H20F2N3O4+. The number of nitrogens with zero attached hydrogens (tertiary/aromatic N) is 1. The van der Waals surface area contributed by atoms with Crippen molar-refractivity contribution in [1.82, 2.24) is 0 Å². The molecule has 0 saturated carbocycles. The monoisotopic (exact) mass is 380 g/mol. The Bertz CT molecular complexity index is 813. The van der Waals surface area contributed by atoms with Crippen LogP contribution in [0.2, 0.25) is 0 Å². The maximum Gasteiger partial charge on any atom is 0.387 e. The summed E-state index contributed by atoms with van der Waals surface area (Å²) in [5.41, 5.74) is 1.88. The first kappa shape index (κ1) is 20.2. The summed E-state index contributed by atoms with van der Waals surface area (Å²) in [6.07, 6.45) is 0. The highest BCUT2D eigenvalue weighted by molar-refractivity contribution is 5.92. The lowest BCUT2D eigenvalue weighted by Gasteiger charge is -2.15. The summed E-state index contributed by atoms with van der Waals surface area (Å²) in [5.74, 6) is -0.209. The van der Waals surface area contributed by atoms with Gasteiger partial charge in [0.05, 0.1) is 17.7 Å². The first-order chi connectivity index (χ1) is 12.7. The molecule has 0 saturated heterocycles. The predicted octanol–water partition coefficient (Wildman–Crippen LogP) is 2.16. The van der Waals surface area contributed by atoms with Crippen LogP contribution in [0.4, 0.5) is 20.2 Å². The van der Waals surface area contributed by atoms with Gasteiger partial charge < -0.3 is 15.0 Å². The molecule has 1 atom stereocenters. The van der Waals surface area contributed by atoms with E-state index in [1.165, 1.54) is 24.3 Å². The fourth-order valence-corrected chi connectivity index (χ4v) is 2.53. The topological polar surface area (TPSA) is 85.9 Å². The van der Waals surface area contributed by atoms with Gasteiger partial charge >= 0.3 is 6.61 Å². The van der Waals surface area contributed by atoms with Gasteiger partial charge in [-0.15, -0.1) is 0 Å². The number of nitro groups is 1. The third-order valence-corrected chi connectivity index (χ3v) is 3.82.